The smallest absolute Gasteiger partial charge is 0.190 e. The molecule has 0 aromatic heterocycles. The van der Waals surface area contributed by atoms with Crippen molar-refractivity contribution in [1.29, 1.82) is 0 Å². The summed E-state index contributed by atoms with van der Waals surface area (Å²) in [5.74, 6) is -1.70. The lowest BCUT2D eigenvalue weighted by Crippen LogP contribution is -2.62. The Morgan fingerprint density at radius 2 is 1.00 bits per heavy atom. The Morgan fingerprint density at radius 3 is 1.56 bits per heavy atom. The van der Waals surface area contributed by atoms with Crippen molar-refractivity contribution in [3.63, 3.8) is 0 Å². The van der Waals surface area contributed by atoms with Crippen LogP contribution in [0, 0.1) is 0 Å². The van der Waals surface area contributed by atoms with Crippen LogP contribution >= 0.6 is 0 Å². The molecule has 0 bridgehead atoms. The molecule has 4 aliphatic rings. The van der Waals surface area contributed by atoms with Crippen LogP contribution in [0.2, 0.25) is 0 Å². The first-order valence-corrected chi connectivity index (χ1v) is 17.4. The molecular formula is C39H48O11. The topological polar surface area (TPSA) is 113 Å². The highest BCUT2D eigenvalue weighted by molar-refractivity contribution is 5.16. The molecule has 0 aliphatic carbocycles. The number of fused-ring (bicyclic) bond motifs is 3. The third kappa shape index (κ3) is 8.30. The first kappa shape index (κ1) is 35.6. The molecule has 4 heterocycles. The Hall–Kier alpha value is -2.78. The summed E-state index contributed by atoms with van der Waals surface area (Å²) < 4.78 is 64.2. The highest BCUT2D eigenvalue weighted by Gasteiger charge is 2.61. The van der Waals surface area contributed by atoms with Crippen molar-refractivity contribution in [2.45, 2.75) is 121 Å². The molecule has 1 N–H and O–H groups in total. The molecule has 7 rings (SSSR count). The molecule has 10 atom stereocenters. The molecule has 270 valence electrons. The predicted octanol–water partition coefficient (Wildman–Crippen LogP) is 4.87. The molecule has 0 amide bonds. The molecule has 11 heteroatoms. The van der Waals surface area contributed by atoms with Gasteiger partial charge in [0.15, 0.2) is 24.2 Å². The maximum absolute atomic E-state index is 10.7. The lowest BCUT2D eigenvalue weighted by molar-refractivity contribution is -0.336. The van der Waals surface area contributed by atoms with Crippen molar-refractivity contribution in [3.05, 3.63) is 108 Å². The normalized spacial score (nSPS) is 34.3. The second-order valence-electron chi connectivity index (χ2n) is 14.1. The summed E-state index contributed by atoms with van der Waals surface area (Å²) in [4.78, 5) is 0. The van der Waals surface area contributed by atoms with Gasteiger partial charge in [-0.3, -0.25) is 0 Å². The van der Waals surface area contributed by atoms with E-state index in [4.69, 9.17) is 47.4 Å². The van der Waals surface area contributed by atoms with Crippen LogP contribution in [0.5, 0.6) is 0 Å². The minimum atomic E-state index is -0.958. The number of aliphatic hydroxyl groups excluding tert-OH is 1. The quantitative estimate of drug-likeness (QED) is 0.265. The van der Waals surface area contributed by atoms with Gasteiger partial charge in [-0.25, -0.2) is 0 Å². The van der Waals surface area contributed by atoms with Crippen molar-refractivity contribution in [1.82, 2.24) is 0 Å². The van der Waals surface area contributed by atoms with E-state index in [0.717, 1.165) is 16.7 Å². The van der Waals surface area contributed by atoms with Crippen LogP contribution in [0.3, 0.4) is 0 Å². The second kappa shape index (κ2) is 15.4. The van der Waals surface area contributed by atoms with Crippen LogP contribution < -0.4 is 0 Å². The zero-order valence-corrected chi connectivity index (χ0v) is 29.0. The van der Waals surface area contributed by atoms with Gasteiger partial charge in [-0.2, -0.15) is 0 Å². The van der Waals surface area contributed by atoms with Crippen LogP contribution in [0.25, 0.3) is 0 Å². The van der Waals surface area contributed by atoms with Crippen molar-refractivity contribution in [2.75, 3.05) is 13.2 Å². The molecule has 4 fully saturated rings. The minimum absolute atomic E-state index is 0.0581. The Kier molecular flexibility index (Phi) is 11.0. The van der Waals surface area contributed by atoms with E-state index < -0.39 is 73.0 Å². The maximum Gasteiger partial charge on any atom is 0.190 e. The molecule has 11 nitrogen and oxygen atoms in total. The summed E-state index contributed by atoms with van der Waals surface area (Å²) in [5.41, 5.74) is 2.94. The first-order valence-electron chi connectivity index (χ1n) is 17.4. The van der Waals surface area contributed by atoms with Gasteiger partial charge in [-0.15, -0.1) is 0 Å². The van der Waals surface area contributed by atoms with E-state index >= 15 is 0 Å². The van der Waals surface area contributed by atoms with E-state index in [1.807, 2.05) is 119 Å². The van der Waals surface area contributed by atoms with Crippen LogP contribution in [-0.2, 0) is 67.2 Å². The van der Waals surface area contributed by atoms with Crippen LogP contribution in [-0.4, -0.2) is 91.3 Å². The average Bonchev–Trinajstić information content (AvgIpc) is 3.62. The third-order valence-corrected chi connectivity index (χ3v) is 9.30. The summed E-state index contributed by atoms with van der Waals surface area (Å²) >= 11 is 0. The molecular weight excluding hydrogens is 644 g/mol. The lowest BCUT2D eigenvalue weighted by atomic mass is 9.97. The van der Waals surface area contributed by atoms with E-state index in [-0.39, 0.29) is 19.8 Å². The fourth-order valence-corrected chi connectivity index (χ4v) is 7.04. The van der Waals surface area contributed by atoms with Gasteiger partial charge in [-0.05, 0) is 44.4 Å². The Bertz CT molecular complexity index is 1490. The second-order valence-corrected chi connectivity index (χ2v) is 14.1. The zero-order chi connectivity index (χ0) is 34.7. The third-order valence-electron chi connectivity index (χ3n) is 9.30. The molecule has 0 spiro atoms. The van der Waals surface area contributed by atoms with Crippen LogP contribution in [0.15, 0.2) is 91.0 Å². The SMILES string of the molecule is CC1(C)O[C@H]2[C@@H](O1)[C@@H](CO[C@@H]1O[C@H](CO)[C@H](OCc3ccccc3)[C@H](OCc3ccccc3)[C@H]1OCc1ccccc1)O[C@@H]1OC(C)(C)O[C@@H]12. The number of hydrogen-bond donors (Lipinski definition) is 1. The molecule has 0 saturated carbocycles. The van der Waals surface area contributed by atoms with E-state index in [1.165, 1.54) is 0 Å². The van der Waals surface area contributed by atoms with Crippen molar-refractivity contribution in [3.8, 4) is 0 Å². The van der Waals surface area contributed by atoms with E-state index in [1.54, 1.807) is 0 Å². The number of hydrogen-bond acceptors (Lipinski definition) is 11. The molecule has 0 radical (unpaired) electrons. The maximum atomic E-state index is 10.7. The van der Waals surface area contributed by atoms with E-state index in [2.05, 4.69) is 0 Å². The fourth-order valence-electron chi connectivity index (χ4n) is 7.04. The molecule has 50 heavy (non-hydrogen) atoms. The highest BCUT2D eigenvalue weighted by atomic mass is 16.9. The van der Waals surface area contributed by atoms with Gasteiger partial charge in [0.25, 0.3) is 0 Å². The largest absolute Gasteiger partial charge is 0.394 e. The summed E-state index contributed by atoms with van der Waals surface area (Å²) in [7, 11) is 0. The van der Waals surface area contributed by atoms with Gasteiger partial charge in [0.05, 0.1) is 33.0 Å². The molecule has 3 aromatic rings. The summed E-state index contributed by atoms with van der Waals surface area (Å²) in [6.45, 7) is 8.02. The van der Waals surface area contributed by atoms with Gasteiger partial charge < -0.3 is 52.5 Å². The molecule has 0 unspecified atom stereocenters. The minimum Gasteiger partial charge on any atom is -0.394 e. The van der Waals surface area contributed by atoms with Crippen LogP contribution in [0.1, 0.15) is 44.4 Å². The lowest BCUT2D eigenvalue weighted by Gasteiger charge is -2.46. The van der Waals surface area contributed by atoms with Crippen molar-refractivity contribution >= 4 is 0 Å². The van der Waals surface area contributed by atoms with Gasteiger partial charge in [0, 0.05) is 0 Å². The zero-order valence-electron chi connectivity index (χ0n) is 29.0. The number of benzene rings is 3. The molecule has 3 aromatic carbocycles. The van der Waals surface area contributed by atoms with Gasteiger partial charge in [0.1, 0.15) is 48.8 Å². The van der Waals surface area contributed by atoms with E-state index in [0.29, 0.717) is 13.2 Å². The van der Waals surface area contributed by atoms with Gasteiger partial charge >= 0.3 is 0 Å². The van der Waals surface area contributed by atoms with E-state index in [9.17, 15) is 5.11 Å². The highest BCUT2D eigenvalue weighted by Crippen LogP contribution is 2.44. The first-order chi connectivity index (χ1) is 24.2. The summed E-state index contributed by atoms with van der Waals surface area (Å²) in [6, 6.07) is 29.6. The number of rotatable bonds is 13. The Labute approximate surface area is 293 Å². The Balaban J connectivity index is 1.15. The van der Waals surface area contributed by atoms with Crippen LogP contribution in [0.4, 0.5) is 0 Å². The fraction of sp³-hybridized carbons (Fsp3) is 0.538. The molecule has 4 aliphatic heterocycles. The summed E-state index contributed by atoms with van der Waals surface area (Å²) in [5, 5.41) is 10.7. The monoisotopic (exact) mass is 692 g/mol. The predicted molar refractivity (Wildman–Crippen MR) is 179 cm³/mol. The average molecular weight is 693 g/mol. The standard InChI is InChI=1S/C39H48O11/c1-38(2)47-31-29(46-37-35(33(31)48-38)49-39(3,4)50-37)24-44-36-34(43-23-27-18-12-7-13-19-27)32(42-22-26-16-10-6-11-17-26)30(28(20-40)45-36)41-21-25-14-8-5-9-15-25/h5-19,28-37,40H,20-24H2,1-4H3/t28-,29-,30+,31+,32+,33+,34-,35-,36-,37-/m1/s1. The molecule has 4 saturated heterocycles. The van der Waals surface area contributed by atoms with Crippen molar-refractivity contribution in [2.24, 2.45) is 0 Å². The van der Waals surface area contributed by atoms with Gasteiger partial charge in [-0.1, -0.05) is 91.0 Å². The Morgan fingerprint density at radius 1 is 0.520 bits per heavy atom. The van der Waals surface area contributed by atoms with Crippen molar-refractivity contribution < 1.29 is 52.5 Å². The summed E-state index contributed by atoms with van der Waals surface area (Å²) in [6.07, 6.45) is -6.48. The van der Waals surface area contributed by atoms with Gasteiger partial charge in [0.2, 0.25) is 0 Å². The number of ether oxygens (including phenoxy) is 10. The number of aliphatic hydroxyl groups is 1.